The van der Waals surface area contributed by atoms with E-state index in [0.29, 0.717) is 23.8 Å². The van der Waals surface area contributed by atoms with E-state index in [2.05, 4.69) is 15.5 Å². The van der Waals surface area contributed by atoms with Crippen molar-refractivity contribution < 1.29 is 14.3 Å². The molecule has 9 heteroatoms. The van der Waals surface area contributed by atoms with Gasteiger partial charge in [0.1, 0.15) is 0 Å². The summed E-state index contributed by atoms with van der Waals surface area (Å²) in [6.45, 7) is 3.44. The van der Waals surface area contributed by atoms with E-state index in [4.69, 9.17) is 9.47 Å². The van der Waals surface area contributed by atoms with Gasteiger partial charge in [0.15, 0.2) is 15.8 Å². The lowest BCUT2D eigenvalue weighted by molar-refractivity contribution is -0.127. The van der Waals surface area contributed by atoms with Crippen LogP contribution in [0.15, 0.2) is 22.5 Å². The van der Waals surface area contributed by atoms with Crippen molar-refractivity contribution >= 4 is 34.1 Å². The summed E-state index contributed by atoms with van der Waals surface area (Å²) in [6.07, 6.45) is 0.747. The number of ether oxygens (including phenoxy) is 2. The average molecular weight is 397 g/mol. The van der Waals surface area contributed by atoms with E-state index in [1.54, 1.807) is 19.1 Å². The highest BCUT2D eigenvalue weighted by molar-refractivity contribution is 8.01. The van der Waals surface area contributed by atoms with Gasteiger partial charge in [-0.25, -0.2) is 0 Å². The summed E-state index contributed by atoms with van der Waals surface area (Å²) in [5.74, 6) is 1.81. The Balaban J connectivity index is 1.81. The molecular weight excluding hydrogens is 372 g/mol. The fourth-order valence-corrected chi connectivity index (χ4v) is 3.94. The minimum atomic E-state index is 0.0654. The lowest BCUT2D eigenvalue weighted by atomic mass is 10.1. The summed E-state index contributed by atoms with van der Waals surface area (Å²) in [6, 6.07) is 5.80. The maximum atomic E-state index is 12.3. The quantitative estimate of drug-likeness (QED) is 0.619. The van der Waals surface area contributed by atoms with Gasteiger partial charge >= 0.3 is 0 Å². The second kappa shape index (κ2) is 10.2. The first kappa shape index (κ1) is 20.3. The van der Waals surface area contributed by atoms with Crippen LogP contribution in [0.2, 0.25) is 0 Å². The van der Waals surface area contributed by atoms with Crippen LogP contribution < -0.4 is 14.8 Å². The molecule has 0 aliphatic carbocycles. The molecule has 0 unspecified atom stereocenters. The van der Waals surface area contributed by atoms with Crippen LogP contribution >= 0.6 is 23.1 Å². The Morgan fingerprint density at radius 1 is 1.27 bits per heavy atom. The first-order chi connectivity index (χ1) is 12.6. The maximum Gasteiger partial charge on any atom is 0.232 e. The summed E-state index contributed by atoms with van der Waals surface area (Å²) in [7, 11) is 5.04. The standard InChI is InChI=1S/C17H24N4O3S2/c1-5-18-16-19-20-17(26-16)25-11-15(22)21(2)9-8-12-6-7-13(23-3)14(10-12)24-4/h6-7,10H,5,8-9,11H2,1-4H3,(H,18,19). The number of amides is 1. The van der Waals surface area contributed by atoms with E-state index >= 15 is 0 Å². The number of hydrogen-bond donors (Lipinski definition) is 1. The van der Waals surface area contributed by atoms with Crippen molar-refractivity contribution in [3.8, 4) is 11.5 Å². The molecule has 2 rings (SSSR count). The molecule has 26 heavy (non-hydrogen) atoms. The SMILES string of the molecule is CCNc1nnc(SCC(=O)N(C)CCc2ccc(OC)c(OC)c2)s1. The van der Waals surface area contributed by atoms with Gasteiger partial charge in [-0.1, -0.05) is 29.2 Å². The first-order valence-corrected chi connectivity index (χ1v) is 10.0. The van der Waals surface area contributed by atoms with Gasteiger partial charge in [-0.15, -0.1) is 10.2 Å². The topological polar surface area (TPSA) is 76.6 Å². The Hall–Kier alpha value is -2.00. The van der Waals surface area contributed by atoms with Gasteiger partial charge in [0, 0.05) is 20.1 Å². The van der Waals surface area contributed by atoms with Gasteiger partial charge in [0.2, 0.25) is 11.0 Å². The monoisotopic (exact) mass is 396 g/mol. The normalized spacial score (nSPS) is 10.5. The highest BCUT2D eigenvalue weighted by Crippen LogP contribution is 2.28. The molecule has 1 aromatic heterocycles. The largest absolute Gasteiger partial charge is 0.493 e. The van der Waals surface area contributed by atoms with Crippen molar-refractivity contribution in [1.29, 1.82) is 0 Å². The van der Waals surface area contributed by atoms with Crippen molar-refractivity contribution in [2.75, 3.05) is 45.4 Å². The second-order valence-corrected chi connectivity index (χ2v) is 7.65. The molecule has 0 bridgehead atoms. The predicted molar refractivity (Wildman–Crippen MR) is 106 cm³/mol. The summed E-state index contributed by atoms with van der Waals surface area (Å²) in [4.78, 5) is 14.0. The van der Waals surface area contributed by atoms with Crippen LogP contribution in [0.4, 0.5) is 5.13 Å². The van der Waals surface area contributed by atoms with Gasteiger partial charge in [-0.05, 0) is 31.0 Å². The van der Waals surface area contributed by atoms with Crippen LogP contribution in [0.1, 0.15) is 12.5 Å². The fraction of sp³-hybridized carbons (Fsp3) is 0.471. The number of hydrogen-bond acceptors (Lipinski definition) is 8. The third-order valence-corrected chi connectivity index (χ3v) is 5.66. The lowest BCUT2D eigenvalue weighted by Gasteiger charge is -2.17. The zero-order valence-electron chi connectivity index (χ0n) is 15.4. The molecule has 1 N–H and O–H groups in total. The molecule has 142 valence electrons. The van der Waals surface area contributed by atoms with E-state index in [1.807, 2.05) is 32.2 Å². The van der Waals surface area contributed by atoms with Gasteiger partial charge in [-0.2, -0.15) is 0 Å². The molecule has 1 aromatic carbocycles. The molecule has 0 spiro atoms. The second-order valence-electron chi connectivity index (χ2n) is 5.45. The Bertz CT molecular complexity index is 724. The maximum absolute atomic E-state index is 12.3. The molecule has 0 saturated carbocycles. The smallest absolute Gasteiger partial charge is 0.232 e. The number of carbonyl (C=O) groups is 1. The Kier molecular flexibility index (Phi) is 7.99. The number of aromatic nitrogens is 2. The minimum absolute atomic E-state index is 0.0654. The third kappa shape index (κ3) is 5.77. The molecule has 1 heterocycles. The zero-order valence-corrected chi connectivity index (χ0v) is 17.1. The summed E-state index contributed by atoms with van der Waals surface area (Å²) >= 11 is 2.88. The van der Waals surface area contributed by atoms with Gasteiger partial charge < -0.3 is 19.7 Å². The molecule has 0 saturated heterocycles. The number of nitrogens with zero attached hydrogens (tertiary/aromatic N) is 3. The number of carbonyl (C=O) groups excluding carboxylic acids is 1. The van der Waals surface area contributed by atoms with E-state index in [1.165, 1.54) is 23.1 Å². The summed E-state index contributed by atoms with van der Waals surface area (Å²) in [5, 5.41) is 12.0. The molecule has 0 radical (unpaired) electrons. The van der Waals surface area contributed by atoms with Crippen LogP contribution in [-0.4, -0.2) is 61.1 Å². The molecule has 0 fully saturated rings. The number of nitrogens with one attached hydrogen (secondary N) is 1. The molecule has 0 aliphatic heterocycles. The van der Waals surface area contributed by atoms with Crippen LogP contribution in [-0.2, 0) is 11.2 Å². The molecule has 7 nitrogen and oxygen atoms in total. The number of thioether (sulfide) groups is 1. The lowest BCUT2D eigenvalue weighted by Crippen LogP contribution is -2.30. The fourth-order valence-electron chi connectivity index (χ4n) is 2.18. The van der Waals surface area contributed by atoms with Gasteiger partial charge in [-0.3, -0.25) is 4.79 Å². The Morgan fingerprint density at radius 2 is 2.04 bits per heavy atom. The molecule has 1 amide bonds. The van der Waals surface area contributed by atoms with E-state index in [9.17, 15) is 4.79 Å². The van der Waals surface area contributed by atoms with Gasteiger partial charge in [0.05, 0.1) is 20.0 Å². The van der Waals surface area contributed by atoms with Crippen LogP contribution in [0.5, 0.6) is 11.5 Å². The van der Waals surface area contributed by atoms with E-state index in [0.717, 1.165) is 28.0 Å². The zero-order chi connectivity index (χ0) is 18.9. The highest BCUT2D eigenvalue weighted by atomic mass is 32.2. The van der Waals surface area contributed by atoms with Gasteiger partial charge in [0.25, 0.3) is 0 Å². The van der Waals surface area contributed by atoms with Crippen LogP contribution in [0, 0.1) is 0 Å². The van der Waals surface area contributed by atoms with Crippen molar-refractivity contribution in [2.24, 2.45) is 0 Å². The van der Waals surface area contributed by atoms with E-state index in [-0.39, 0.29) is 5.91 Å². The molecular formula is C17H24N4O3S2. The van der Waals surface area contributed by atoms with Crippen molar-refractivity contribution in [3.05, 3.63) is 23.8 Å². The molecule has 0 atom stereocenters. The van der Waals surface area contributed by atoms with Crippen molar-refractivity contribution in [3.63, 3.8) is 0 Å². The molecule has 2 aromatic rings. The molecule has 0 aliphatic rings. The number of methoxy groups -OCH3 is 2. The summed E-state index contributed by atoms with van der Waals surface area (Å²) < 4.78 is 11.3. The van der Waals surface area contributed by atoms with Crippen molar-refractivity contribution in [2.45, 2.75) is 17.7 Å². The predicted octanol–water partition coefficient (Wildman–Crippen LogP) is 2.78. The Morgan fingerprint density at radius 3 is 2.73 bits per heavy atom. The number of anilines is 1. The van der Waals surface area contributed by atoms with E-state index < -0.39 is 0 Å². The van der Waals surface area contributed by atoms with Crippen LogP contribution in [0.25, 0.3) is 0 Å². The first-order valence-electron chi connectivity index (χ1n) is 8.22. The highest BCUT2D eigenvalue weighted by Gasteiger charge is 2.12. The Labute approximate surface area is 162 Å². The number of likely N-dealkylation sites (N-methyl/N-ethyl adjacent to an activating group) is 1. The average Bonchev–Trinajstić information content (AvgIpc) is 3.11. The summed E-state index contributed by atoms with van der Waals surface area (Å²) in [5.41, 5.74) is 1.09. The minimum Gasteiger partial charge on any atom is -0.493 e. The third-order valence-electron chi connectivity index (χ3n) is 3.66. The van der Waals surface area contributed by atoms with Crippen molar-refractivity contribution in [1.82, 2.24) is 15.1 Å². The number of rotatable bonds is 10. The van der Waals surface area contributed by atoms with Crippen LogP contribution in [0.3, 0.4) is 0 Å². The number of benzene rings is 1.